The molecule has 0 radical (unpaired) electrons. The van der Waals surface area contributed by atoms with Gasteiger partial charge in [0, 0.05) is 19.1 Å². The summed E-state index contributed by atoms with van der Waals surface area (Å²) in [6.45, 7) is 1.48. The van der Waals surface area contributed by atoms with Crippen LogP contribution in [0, 0.1) is 0 Å². The summed E-state index contributed by atoms with van der Waals surface area (Å²) in [7, 11) is 0. The topological polar surface area (TPSA) is 55.8 Å². The second kappa shape index (κ2) is 7.45. The molecule has 0 aromatic heterocycles. The molecule has 0 amide bonds. The molecule has 4 nitrogen and oxygen atoms in total. The molecular weight excluding hydrogens is 324 g/mol. The molecule has 1 fully saturated rings. The molecule has 0 spiro atoms. The minimum atomic E-state index is -0.960. The van der Waals surface area contributed by atoms with Crippen molar-refractivity contribution in [3.8, 4) is 5.75 Å². The number of carboxylic acid groups (broad SMARTS) is 1. The van der Waals surface area contributed by atoms with Gasteiger partial charge in [0.1, 0.15) is 5.75 Å². The van der Waals surface area contributed by atoms with E-state index in [-0.39, 0.29) is 0 Å². The van der Waals surface area contributed by atoms with Gasteiger partial charge in [0.2, 0.25) is 0 Å². The molecule has 1 aliphatic rings. The molecular formula is C15H17BrO4. The summed E-state index contributed by atoms with van der Waals surface area (Å²) >= 11 is 3.43. The molecule has 1 unspecified atom stereocenters. The predicted octanol–water partition coefficient (Wildman–Crippen LogP) is 3.49. The van der Waals surface area contributed by atoms with Gasteiger partial charge >= 0.3 is 5.97 Å². The summed E-state index contributed by atoms with van der Waals surface area (Å²) in [6, 6.07) is 5.49. The van der Waals surface area contributed by atoms with E-state index < -0.39 is 5.97 Å². The third-order valence-corrected chi connectivity index (χ3v) is 3.72. The zero-order valence-electron chi connectivity index (χ0n) is 11.0. The Hall–Kier alpha value is -1.33. The van der Waals surface area contributed by atoms with Crippen molar-refractivity contribution in [3.63, 3.8) is 0 Å². The molecule has 1 aromatic rings. The van der Waals surface area contributed by atoms with Crippen LogP contribution in [0.2, 0.25) is 0 Å². The van der Waals surface area contributed by atoms with E-state index in [9.17, 15) is 4.79 Å². The van der Waals surface area contributed by atoms with Crippen molar-refractivity contribution in [2.45, 2.75) is 25.4 Å². The van der Waals surface area contributed by atoms with Crippen LogP contribution in [0.3, 0.4) is 0 Å². The van der Waals surface area contributed by atoms with Crippen molar-refractivity contribution in [1.29, 1.82) is 0 Å². The lowest BCUT2D eigenvalue weighted by atomic mass is 10.2. The molecule has 20 heavy (non-hydrogen) atoms. The highest BCUT2D eigenvalue weighted by molar-refractivity contribution is 9.10. The summed E-state index contributed by atoms with van der Waals surface area (Å²) in [5.41, 5.74) is 0.811. The predicted molar refractivity (Wildman–Crippen MR) is 79.9 cm³/mol. The number of carbonyl (C=O) groups is 1. The maximum atomic E-state index is 10.5. The first kappa shape index (κ1) is 15.1. The monoisotopic (exact) mass is 340 g/mol. The minimum absolute atomic E-state index is 0.326. The summed E-state index contributed by atoms with van der Waals surface area (Å²) in [6.07, 6.45) is 6.13. The van der Waals surface area contributed by atoms with Crippen LogP contribution in [0.4, 0.5) is 0 Å². The quantitative estimate of drug-likeness (QED) is 0.805. The maximum Gasteiger partial charge on any atom is 0.328 e. The number of aliphatic carboxylic acids is 1. The van der Waals surface area contributed by atoms with Gasteiger partial charge in [-0.15, -0.1) is 0 Å². The first-order valence-electron chi connectivity index (χ1n) is 6.60. The molecule has 0 saturated carbocycles. The summed E-state index contributed by atoms with van der Waals surface area (Å²) in [5.74, 6) is -0.200. The summed E-state index contributed by atoms with van der Waals surface area (Å²) in [4.78, 5) is 10.5. The molecule has 1 N–H and O–H groups in total. The highest BCUT2D eigenvalue weighted by Gasteiger charge is 2.15. The van der Waals surface area contributed by atoms with Gasteiger partial charge in [0.25, 0.3) is 0 Å². The minimum Gasteiger partial charge on any atom is -0.492 e. The van der Waals surface area contributed by atoms with Gasteiger partial charge in [0.15, 0.2) is 0 Å². The van der Waals surface area contributed by atoms with Gasteiger partial charge in [-0.25, -0.2) is 4.79 Å². The molecule has 1 aliphatic heterocycles. The molecule has 1 atom stereocenters. The standard InChI is InChI=1S/C15H17BrO4/c16-13-10-11(4-6-15(17)18)3-5-14(13)20-9-7-12-2-1-8-19-12/h3-6,10,12H,1-2,7-9H2,(H,17,18). The van der Waals surface area contributed by atoms with E-state index in [1.807, 2.05) is 18.2 Å². The average Bonchev–Trinajstić information content (AvgIpc) is 2.92. The van der Waals surface area contributed by atoms with E-state index >= 15 is 0 Å². The Morgan fingerprint density at radius 1 is 1.55 bits per heavy atom. The second-order valence-electron chi connectivity index (χ2n) is 4.63. The van der Waals surface area contributed by atoms with Crippen LogP contribution < -0.4 is 4.74 Å². The first-order valence-corrected chi connectivity index (χ1v) is 7.39. The molecule has 0 aliphatic carbocycles. The van der Waals surface area contributed by atoms with E-state index in [0.717, 1.165) is 47.7 Å². The molecule has 1 heterocycles. The zero-order chi connectivity index (χ0) is 14.4. The highest BCUT2D eigenvalue weighted by atomic mass is 79.9. The fraction of sp³-hybridized carbons (Fsp3) is 0.400. The van der Waals surface area contributed by atoms with Gasteiger partial charge in [-0.3, -0.25) is 0 Å². The highest BCUT2D eigenvalue weighted by Crippen LogP contribution is 2.27. The second-order valence-corrected chi connectivity index (χ2v) is 5.49. The van der Waals surface area contributed by atoms with Crippen molar-refractivity contribution in [2.24, 2.45) is 0 Å². The van der Waals surface area contributed by atoms with Crippen LogP contribution in [-0.2, 0) is 9.53 Å². The van der Waals surface area contributed by atoms with E-state index in [0.29, 0.717) is 12.7 Å². The Balaban J connectivity index is 1.86. The summed E-state index contributed by atoms with van der Waals surface area (Å²) in [5, 5.41) is 8.58. The Morgan fingerprint density at radius 2 is 2.40 bits per heavy atom. The largest absolute Gasteiger partial charge is 0.492 e. The van der Waals surface area contributed by atoms with Gasteiger partial charge in [-0.1, -0.05) is 6.07 Å². The first-order chi connectivity index (χ1) is 9.65. The number of ether oxygens (including phenoxy) is 2. The molecule has 1 saturated heterocycles. The lowest BCUT2D eigenvalue weighted by molar-refractivity contribution is -0.131. The van der Waals surface area contributed by atoms with Crippen molar-refractivity contribution < 1.29 is 19.4 Å². The van der Waals surface area contributed by atoms with E-state index in [4.69, 9.17) is 14.6 Å². The van der Waals surface area contributed by atoms with Crippen LogP contribution in [0.5, 0.6) is 5.75 Å². The Kier molecular flexibility index (Phi) is 5.61. The molecule has 5 heteroatoms. The van der Waals surface area contributed by atoms with Gasteiger partial charge in [-0.2, -0.15) is 0 Å². The number of carboxylic acids is 1. The number of halogens is 1. The smallest absolute Gasteiger partial charge is 0.328 e. The molecule has 1 aromatic carbocycles. The van der Waals surface area contributed by atoms with Crippen LogP contribution in [0.1, 0.15) is 24.8 Å². The summed E-state index contributed by atoms with van der Waals surface area (Å²) < 4.78 is 12.1. The average molecular weight is 341 g/mol. The van der Waals surface area contributed by atoms with Crippen LogP contribution in [0.15, 0.2) is 28.7 Å². The number of rotatable bonds is 6. The van der Waals surface area contributed by atoms with Crippen molar-refractivity contribution >= 4 is 28.0 Å². The SMILES string of the molecule is O=C(O)C=Cc1ccc(OCCC2CCCO2)c(Br)c1. The van der Waals surface area contributed by atoms with E-state index in [1.165, 1.54) is 0 Å². The number of hydrogen-bond donors (Lipinski definition) is 1. The normalized spacial score (nSPS) is 18.6. The maximum absolute atomic E-state index is 10.5. The number of hydrogen-bond acceptors (Lipinski definition) is 3. The third-order valence-electron chi connectivity index (χ3n) is 3.10. The van der Waals surface area contributed by atoms with Crippen molar-refractivity contribution in [3.05, 3.63) is 34.3 Å². The Labute approximate surface area is 126 Å². The fourth-order valence-corrected chi connectivity index (χ4v) is 2.59. The molecule has 0 bridgehead atoms. The van der Waals surface area contributed by atoms with Gasteiger partial charge in [0.05, 0.1) is 17.2 Å². The molecule has 2 rings (SSSR count). The lowest BCUT2D eigenvalue weighted by Gasteiger charge is -2.12. The van der Waals surface area contributed by atoms with E-state index in [1.54, 1.807) is 6.08 Å². The third kappa shape index (κ3) is 4.65. The molecule has 108 valence electrons. The Morgan fingerprint density at radius 3 is 3.05 bits per heavy atom. The zero-order valence-corrected chi connectivity index (χ0v) is 12.6. The van der Waals surface area contributed by atoms with Crippen molar-refractivity contribution in [1.82, 2.24) is 0 Å². The Bertz CT molecular complexity index is 493. The number of benzene rings is 1. The van der Waals surface area contributed by atoms with Crippen LogP contribution in [-0.4, -0.2) is 30.4 Å². The van der Waals surface area contributed by atoms with Crippen molar-refractivity contribution in [2.75, 3.05) is 13.2 Å². The van der Waals surface area contributed by atoms with E-state index in [2.05, 4.69) is 15.9 Å². The van der Waals surface area contributed by atoms with Crippen LogP contribution in [0.25, 0.3) is 6.08 Å². The fourth-order valence-electron chi connectivity index (χ4n) is 2.08. The lowest BCUT2D eigenvalue weighted by Crippen LogP contribution is -2.10. The van der Waals surface area contributed by atoms with Gasteiger partial charge in [-0.05, 0) is 52.5 Å². The van der Waals surface area contributed by atoms with Gasteiger partial charge < -0.3 is 14.6 Å². The van der Waals surface area contributed by atoms with Crippen LogP contribution >= 0.6 is 15.9 Å².